The fraction of sp³-hybridized carbons (Fsp3) is 0.545. The van der Waals surface area contributed by atoms with E-state index in [1.807, 2.05) is 0 Å². The number of aliphatic hydroxyl groups is 1. The van der Waals surface area contributed by atoms with Gasteiger partial charge in [-0.25, -0.2) is 9.37 Å². The number of nitrogens with zero attached hydrogens (tertiary/aromatic N) is 4. The van der Waals surface area contributed by atoms with Crippen molar-refractivity contribution in [1.82, 2.24) is 19.5 Å². The lowest BCUT2D eigenvalue weighted by Crippen LogP contribution is -2.21. The Hall–Kier alpha value is -2.00. The molecular formula is C11H14FN5O3. The minimum atomic E-state index is -1.23. The fourth-order valence-corrected chi connectivity index (χ4v) is 2.28. The summed E-state index contributed by atoms with van der Waals surface area (Å²) in [6.45, 7) is -0.370. The van der Waals surface area contributed by atoms with Crippen LogP contribution in [0.15, 0.2) is 6.33 Å². The average Bonchev–Trinajstić information content (AvgIpc) is 3.00. The van der Waals surface area contributed by atoms with Crippen LogP contribution in [0.1, 0.15) is 12.6 Å². The molecule has 2 aromatic heterocycles. The molecule has 3 heterocycles. The number of imidazole rings is 1. The number of methoxy groups -OCH3 is 1. The van der Waals surface area contributed by atoms with Crippen LogP contribution in [0.4, 0.5) is 10.3 Å². The highest BCUT2D eigenvalue weighted by atomic mass is 19.1. The summed E-state index contributed by atoms with van der Waals surface area (Å²) in [5.74, 6) is 0.282. The van der Waals surface area contributed by atoms with Crippen LogP contribution >= 0.6 is 0 Å². The maximum Gasteiger partial charge on any atom is 0.246 e. The summed E-state index contributed by atoms with van der Waals surface area (Å²) in [5, 5.41) is 9.04. The smallest absolute Gasteiger partial charge is 0.246 e. The van der Waals surface area contributed by atoms with E-state index < -0.39 is 18.5 Å². The molecule has 3 N–H and O–H groups in total. The van der Waals surface area contributed by atoms with Crippen LogP contribution in [0.3, 0.4) is 0 Å². The molecule has 9 heteroatoms. The first-order chi connectivity index (χ1) is 9.63. The van der Waals surface area contributed by atoms with Crippen LogP contribution in [-0.2, 0) is 4.74 Å². The number of alkyl halides is 1. The number of anilines is 1. The van der Waals surface area contributed by atoms with Gasteiger partial charge >= 0.3 is 0 Å². The Morgan fingerprint density at radius 2 is 2.40 bits per heavy atom. The van der Waals surface area contributed by atoms with Crippen LogP contribution in [0.25, 0.3) is 11.2 Å². The molecule has 108 valence electrons. The van der Waals surface area contributed by atoms with E-state index in [0.29, 0.717) is 11.2 Å². The summed E-state index contributed by atoms with van der Waals surface area (Å²) in [6.07, 6.45) is -1.07. The fourth-order valence-electron chi connectivity index (χ4n) is 2.28. The van der Waals surface area contributed by atoms with Gasteiger partial charge in [0.15, 0.2) is 11.2 Å². The quantitative estimate of drug-likeness (QED) is 0.818. The van der Waals surface area contributed by atoms with Gasteiger partial charge in [-0.15, -0.1) is 0 Å². The highest BCUT2D eigenvalue weighted by Gasteiger charge is 2.36. The van der Waals surface area contributed by atoms with Gasteiger partial charge in [0.1, 0.15) is 18.5 Å². The largest absolute Gasteiger partial charge is 0.479 e. The zero-order valence-electron chi connectivity index (χ0n) is 10.7. The average molecular weight is 283 g/mol. The van der Waals surface area contributed by atoms with E-state index in [2.05, 4.69) is 15.0 Å². The van der Waals surface area contributed by atoms with E-state index in [1.54, 1.807) is 4.57 Å². The minimum Gasteiger partial charge on any atom is -0.479 e. The molecule has 3 atom stereocenters. The Balaban J connectivity index is 2.03. The molecule has 1 fully saturated rings. The molecule has 8 nitrogen and oxygen atoms in total. The van der Waals surface area contributed by atoms with E-state index >= 15 is 0 Å². The van der Waals surface area contributed by atoms with Crippen molar-refractivity contribution in [3.05, 3.63) is 6.33 Å². The predicted octanol–water partition coefficient (Wildman–Crippen LogP) is 0.0350. The predicted molar refractivity (Wildman–Crippen MR) is 66.8 cm³/mol. The van der Waals surface area contributed by atoms with Crippen molar-refractivity contribution in [2.75, 3.05) is 19.5 Å². The Bertz CT molecular complexity index is 634. The highest BCUT2D eigenvalue weighted by molar-refractivity contribution is 5.77. The molecule has 0 aromatic carbocycles. The van der Waals surface area contributed by atoms with Crippen molar-refractivity contribution < 1.29 is 19.0 Å². The zero-order valence-corrected chi connectivity index (χ0v) is 10.7. The van der Waals surface area contributed by atoms with Crippen LogP contribution in [0, 0.1) is 0 Å². The van der Waals surface area contributed by atoms with Crippen molar-refractivity contribution in [3.63, 3.8) is 0 Å². The standard InChI is InChI=1S/C11H14FN5O3/c1-19-10-8-9(15-11(13)16-10)17(4-14-8)7-2-5(12)6(3-18)20-7/h4-7,18H,2-3H2,1H3,(H2,13,15,16)/t5-,6+,7+/m0/s1. The van der Waals surface area contributed by atoms with Crippen molar-refractivity contribution in [2.45, 2.75) is 24.9 Å². The third-order valence-corrected chi connectivity index (χ3v) is 3.25. The third-order valence-electron chi connectivity index (χ3n) is 3.25. The van der Waals surface area contributed by atoms with Gasteiger partial charge in [0.2, 0.25) is 11.8 Å². The van der Waals surface area contributed by atoms with Crippen LogP contribution < -0.4 is 10.5 Å². The van der Waals surface area contributed by atoms with E-state index in [9.17, 15) is 4.39 Å². The number of nitrogens with two attached hydrogens (primary N) is 1. The monoisotopic (exact) mass is 283 g/mol. The molecule has 0 amide bonds. The van der Waals surface area contributed by atoms with Crippen LogP contribution in [0.2, 0.25) is 0 Å². The second-order valence-corrected chi connectivity index (χ2v) is 4.48. The normalized spacial score (nSPS) is 26.2. The molecule has 1 aliphatic heterocycles. The molecule has 0 spiro atoms. The number of rotatable bonds is 3. The number of aromatic nitrogens is 4. The summed E-state index contributed by atoms with van der Waals surface area (Å²) in [4.78, 5) is 12.1. The summed E-state index contributed by atoms with van der Waals surface area (Å²) < 4.78 is 25.8. The maximum absolute atomic E-state index is 13.7. The zero-order chi connectivity index (χ0) is 14.3. The Labute approximate surface area is 113 Å². The first-order valence-corrected chi connectivity index (χ1v) is 6.08. The number of nitrogen functional groups attached to an aromatic ring is 1. The van der Waals surface area contributed by atoms with Crippen molar-refractivity contribution in [3.8, 4) is 5.88 Å². The van der Waals surface area contributed by atoms with Gasteiger partial charge in [0, 0.05) is 6.42 Å². The Kier molecular flexibility index (Phi) is 3.14. The summed E-state index contributed by atoms with van der Waals surface area (Å²) in [5.41, 5.74) is 6.44. The topological polar surface area (TPSA) is 108 Å². The lowest BCUT2D eigenvalue weighted by molar-refractivity contribution is -0.0323. The van der Waals surface area contributed by atoms with Crippen molar-refractivity contribution >= 4 is 17.1 Å². The molecule has 0 saturated carbocycles. The lowest BCUT2D eigenvalue weighted by atomic mass is 10.2. The van der Waals surface area contributed by atoms with Crippen LogP contribution in [0.5, 0.6) is 5.88 Å². The van der Waals surface area contributed by atoms with Gasteiger partial charge in [-0.1, -0.05) is 0 Å². The third kappa shape index (κ3) is 1.95. The number of ether oxygens (including phenoxy) is 2. The molecule has 0 bridgehead atoms. The Morgan fingerprint density at radius 3 is 3.05 bits per heavy atom. The molecular weight excluding hydrogens is 269 g/mol. The van der Waals surface area contributed by atoms with Gasteiger partial charge < -0.3 is 20.3 Å². The summed E-state index contributed by atoms with van der Waals surface area (Å²) >= 11 is 0. The van der Waals surface area contributed by atoms with E-state index in [4.69, 9.17) is 20.3 Å². The first kappa shape index (κ1) is 13.0. The SMILES string of the molecule is COc1nc(N)nc2c1ncn2[C@H]1C[C@H](F)[C@@H](CO)O1. The maximum atomic E-state index is 13.7. The Morgan fingerprint density at radius 1 is 1.60 bits per heavy atom. The van der Waals surface area contributed by atoms with Crippen molar-refractivity contribution in [1.29, 1.82) is 0 Å². The molecule has 1 saturated heterocycles. The van der Waals surface area contributed by atoms with Gasteiger partial charge in [0.25, 0.3) is 0 Å². The number of halogens is 1. The van der Waals surface area contributed by atoms with Crippen LogP contribution in [-0.4, -0.2) is 50.6 Å². The second-order valence-electron chi connectivity index (χ2n) is 4.48. The molecule has 3 rings (SSSR count). The number of fused-ring (bicyclic) bond motifs is 1. The van der Waals surface area contributed by atoms with Gasteiger partial charge in [-0.2, -0.15) is 9.97 Å². The summed E-state index contributed by atoms with van der Waals surface area (Å²) in [7, 11) is 1.45. The van der Waals surface area contributed by atoms with E-state index in [-0.39, 0.29) is 24.9 Å². The number of aliphatic hydroxyl groups excluding tert-OH is 1. The molecule has 1 aliphatic rings. The first-order valence-electron chi connectivity index (χ1n) is 6.08. The van der Waals surface area contributed by atoms with Gasteiger partial charge in [0.05, 0.1) is 20.0 Å². The van der Waals surface area contributed by atoms with Gasteiger partial charge in [-0.3, -0.25) is 4.57 Å². The molecule has 20 heavy (non-hydrogen) atoms. The number of hydrogen-bond acceptors (Lipinski definition) is 7. The summed E-state index contributed by atoms with van der Waals surface area (Å²) in [6, 6.07) is 0. The van der Waals surface area contributed by atoms with Crippen molar-refractivity contribution in [2.24, 2.45) is 0 Å². The van der Waals surface area contributed by atoms with E-state index in [0.717, 1.165) is 0 Å². The molecule has 0 radical (unpaired) electrons. The molecule has 0 aliphatic carbocycles. The second kappa shape index (κ2) is 4.84. The van der Waals surface area contributed by atoms with E-state index in [1.165, 1.54) is 13.4 Å². The molecule has 2 aromatic rings. The highest BCUT2D eigenvalue weighted by Crippen LogP contribution is 2.33. The molecule has 0 unspecified atom stereocenters. The minimum absolute atomic E-state index is 0.0320. The number of hydrogen-bond donors (Lipinski definition) is 2. The van der Waals surface area contributed by atoms with Gasteiger partial charge in [-0.05, 0) is 0 Å². The lowest BCUT2D eigenvalue weighted by Gasteiger charge is -2.13.